The average Bonchev–Trinajstić information content (AvgIpc) is 2.20. The number of carboxylic acids is 1. The molecule has 1 atom stereocenters. The summed E-state index contributed by atoms with van der Waals surface area (Å²) in [7, 11) is 0. The molecule has 1 rings (SSSR count). The Balaban J connectivity index is 2.58. The Morgan fingerprint density at radius 2 is 2.07 bits per heavy atom. The first-order chi connectivity index (χ1) is 6.74. The van der Waals surface area contributed by atoms with Crippen molar-refractivity contribution in [2.24, 2.45) is 0 Å². The van der Waals surface area contributed by atoms with Crippen LogP contribution in [0.2, 0.25) is 0 Å². The first kappa shape index (κ1) is 10.7. The second kappa shape index (κ2) is 5.40. The third-order valence-corrected chi connectivity index (χ3v) is 1.95. The highest BCUT2D eigenvalue weighted by Crippen LogP contribution is 2.19. The minimum atomic E-state index is -0.931. The number of hydrogen-bond acceptors (Lipinski definition) is 2. The van der Waals surface area contributed by atoms with Crippen molar-refractivity contribution >= 4 is 5.97 Å². The highest BCUT2D eigenvalue weighted by atomic mass is 16.5. The van der Waals surface area contributed by atoms with Crippen LogP contribution in [0.5, 0.6) is 0 Å². The summed E-state index contributed by atoms with van der Waals surface area (Å²) >= 11 is 0. The molecule has 76 valence electrons. The van der Waals surface area contributed by atoms with Gasteiger partial charge in [0.25, 0.3) is 0 Å². The minimum Gasteiger partial charge on any atom is -0.480 e. The molecule has 0 spiro atoms. The van der Waals surface area contributed by atoms with Crippen LogP contribution in [-0.2, 0) is 9.53 Å². The summed E-state index contributed by atoms with van der Waals surface area (Å²) in [6.07, 6.45) is 0.657. The molecule has 0 aliphatic rings. The fourth-order valence-electron chi connectivity index (χ4n) is 1.29. The number of benzene rings is 1. The van der Waals surface area contributed by atoms with Gasteiger partial charge in [0.15, 0.2) is 0 Å². The molecule has 0 saturated heterocycles. The lowest BCUT2D eigenvalue weighted by atomic mass is 10.1. The number of hydrogen-bond donors (Lipinski definition) is 1. The molecule has 1 aromatic rings. The van der Waals surface area contributed by atoms with E-state index in [0.29, 0.717) is 0 Å². The van der Waals surface area contributed by atoms with E-state index in [1.165, 1.54) is 0 Å². The summed E-state index contributed by atoms with van der Waals surface area (Å²) in [6.45, 7) is 1.73. The molecule has 0 radical (unpaired) electrons. The van der Waals surface area contributed by atoms with Crippen molar-refractivity contribution < 1.29 is 14.6 Å². The Kier molecular flexibility index (Phi) is 4.13. The van der Waals surface area contributed by atoms with Gasteiger partial charge in [0.1, 0.15) is 6.61 Å². The van der Waals surface area contributed by atoms with Gasteiger partial charge in [-0.05, 0) is 12.0 Å². The van der Waals surface area contributed by atoms with Crippen molar-refractivity contribution in [3.63, 3.8) is 0 Å². The van der Waals surface area contributed by atoms with Gasteiger partial charge in [-0.3, -0.25) is 0 Å². The van der Waals surface area contributed by atoms with Crippen LogP contribution in [0.4, 0.5) is 0 Å². The van der Waals surface area contributed by atoms with Crippen molar-refractivity contribution in [3.8, 4) is 0 Å². The lowest BCUT2D eigenvalue weighted by molar-refractivity contribution is -0.144. The fourth-order valence-corrected chi connectivity index (χ4v) is 1.29. The lowest BCUT2D eigenvalue weighted by Crippen LogP contribution is -2.11. The third kappa shape index (κ3) is 3.18. The van der Waals surface area contributed by atoms with Gasteiger partial charge >= 0.3 is 5.97 Å². The van der Waals surface area contributed by atoms with Crippen LogP contribution in [0, 0.1) is 0 Å². The summed E-state index contributed by atoms with van der Waals surface area (Å²) in [5.41, 5.74) is 1.02. The van der Waals surface area contributed by atoms with Gasteiger partial charge < -0.3 is 9.84 Å². The zero-order valence-corrected chi connectivity index (χ0v) is 8.14. The van der Waals surface area contributed by atoms with Gasteiger partial charge in [-0.25, -0.2) is 4.79 Å². The van der Waals surface area contributed by atoms with Crippen LogP contribution < -0.4 is 0 Å². The highest BCUT2D eigenvalue weighted by molar-refractivity contribution is 5.68. The van der Waals surface area contributed by atoms with E-state index in [0.717, 1.165) is 12.0 Å². The maximum atomic E-state index is 10.3. The predicted molar refractivity (Wildman–Crippen MR) is 53.1 cm³/mol. The topological polar surface area (TPSA) is 46.5 Å². The van der Waals surface area contributed by atoms with Crippen LogP contribution >= 0.6 is 0 Å². The average molecular weight is 194 g/mol. The summed E-state index contributed by atoms with van der Waals surface area (Å²) in [4.78, 5) is 10.3. The van der Waals surface area contributed by atoms with Crippen molar-refractivity contribution in [3.05, 3.63) is 35.9 Å². The van der Waals surface area contributed by atoms with Crippen LogP contribution in [0.1, 0.15) is 25.0 Å². The van der Waals surface area contributed by atoms with E-state index in [9.17, 15) is 4.79 Å². The number of carbonyl (C=O) groups is 1. The summed E-state index contributed by atoms with van der Waals surface area (Å²) in [5.74, 6) is -0.931. The summed E-state index contributed by atoms with van der Waals surface area (Å²) in [5, 5.41) is 8.48. The lowest BCUT2D eigenvalue weighted by Gasteiger charge is -2.14. The molecule has 0 aromatic heterocycles. The van der Waals surface area contributed by atoms with Gasteiger partial charge in [-0.2, -0.15) is 0 Å². The number of carboxylic acid groups (broad SMARTS) is 1. The molecule has 1 unspecified atom stereocenters. The van der Waals surface area contributed by atoms with Gasteiger partial charge in [0.2, 0.25) is 0 Å². The molecular formula is C11H14O3. The molecule has 1 N–H and O–H groups in total. The molecule has 0 fully saturated rings. The molecule has 1 aromatic carbocycles. The monoisotopic (exact) mass is 194 g/mol. The van der Waals surface area contributed by atoms with Crippen molar-refractivity contribution in [1.29, 1.82) is 0 Å². The smallest absolute Gasteiger partial charge is 0.329 e. The van der Waals surface area contributed by atoms with E-state index >= 15 is 0 Å². The first-order valence-electron chi connectivity index (χ1n) is 4.62. The van der Waals surface area contributed by atoms with Crippen molar-refractivity contribution in [2.75, 3.05) is 6.61 Å². The largest absolute Gasteiger partial charge is 0.480 e. The molecular weight excluding hydrogens is 180 g/mol. The number of ether oxygens (including phenoxy) is 1. The molecule has 0 heterocycles. The van der Waals surface area contributed by atoms with Crippen molar-refractivity contribution in [1.82, 2.24) is 0 Å². The molecule has 14 heavy (non-hydrogen) atoms. The van der Waals surface area contributed by atoms with E-state index in [1.54, 1.807) is 0 Å². The Morgan fingerprint density at radius 1 is 1.43 bits per heavy atom. The molecule has 0 aliphatic carbocycles. The molecule has 3 heteroatoms. The zero-order chi connectivity index (χ0) is 10.4. The Labute approximate surface area is 83.3 Å². The van der Waals surface area contributed by atoms with E-state index in [-0.39, 0.29) is 12.7 Å². The molecule has 0 bridgehead atoms. The van der Waals surface area contributed by atoms with Crippen LogP contribution in [-0.4, -0.2) is 17.7 Å². The second-order valence-electron chi connectivity index (χ2n) is 3.01. The number of aliphatic carboxylic acids is 1. The quantitative estimate of drug-likeness (QED) is 0.781. The molecule has 0 amide bonds. The normalized spacial score (nSPS) is 12.4. The fraction of sp³-hybridized carbons (Fsp3) is 0.364. The Bertz CT molecular complexity index is 282. The number of rotatable bonds is 5. The Morgan fingerprint density at radius 3 is 2.57 bits per heavy atom. The molecule has 0 aliphatic heterocycles. The third-order valence-electron chi connectivity index (χ3n) is 1.95. The van der Waals surface area contributed by atoms with E-state index in [1.807, 2.05) is 37.3 Å². The zero-order valence-electron chi connectivity index (χ0n) is 8.14. The second-order valence-corrected chi connectivity index (χ2v) is 3.01. The van der Waals surface area contributed by atoms with Crippen LogP contribution in [0.3, 0.4) is 0 Å². The predicted octanol–water partition coefficient (Wildman–Crippen LogP) is 2.24. The molecule has 3 nitrogen and oxygen atoms in total. The standard InChI is InChI=1S/C11H14O3/c1-2-10(14-8-11(12)13)9-6-4-3-5-7-9/h3-7,10H,2,8H2,1H3,(H,12,13). The maximum absolute atomic E-state index is 10.3. The molecule has 0 saturated carbocycles. The van der Waals surface area contributed by atoms with E-state index < -0.39 is 5.97 Å². The Hall–Kier alpha value is -1.35. The maximum Gasteiger partial charge on any atom is 0.329 e. The van der Waals surface area contributed by atoms with Crippen molar-refractivity contribution in [2.45, 2.75) is 19.4 Å². The summed E-state index contributed by atoms with van der Waals surface area (Å²) < 4.78 is 5.24. The first-order valence-corrected chi connectivity index (χ1v) is 4.62. The highest BCUT2D eigenvalue weighted by Gasteiger charge is 2.10. The van der Waals surface area contributed by atoms with E-state index in [2.05, 4.69) is 0 Å². The minimum absolute atomic E-state index is 0.118. The van der Waals surface area contributed by atoms with E-state index in [4.69, 9.17) is 9.84 Å². The van der Waals surface area contributed by atoms with Gasteiger partial charge in [-0.15, -0.1) is 0 Å². The van der Waals surface area contributed by atoms with Crippen LogP contribution in [0.25, 0.3) is 0 Å². The van der Waals surface area contributed by atoms with Crippen LogP contribution in [0.15, 0.2) is 30.3 Å². The van der Waals surface area contributed by atoms with Gasteiger partial charge in [0, 0.05) is 0 Å². The van der Waals surface area contributed by atoms with Gasteiger partial charge in [-0.1, -0.05) is 37.3 Å². The SMILES string of the molecule is CCC(OCC(=O)O)c1ccccc1. The summed E-state index contributed by atoms with van der Waals surface area (Å²) in [6, 6.07) is 9.64. The van der Waals surface area contributed by atoms with Gasteiger partial charge in [0.05, 0.1) is 6.10 Å².